The van der Waals surface area contributed by atoms with Gasteiger partial charge < -0.3 is 5.11 Å². The van der Waals surface area contributed by atoms with Gasteiger partial charge in [-0.3, -0.25) is 0 Å². The molecule has 0 saturated carbocycles. The molecule has 1 heterocycles. The monoisotopic (exact) mass is 283 g/mol. The number of aryl methyl sites for hydroxylation is 1. The molecule has 1 unspecified atom stereocenters. The average Bonchev–Trinajstić information content (AvgIpc) is 2.47. The van der Waals surface area contributed by atoms with Gasteiger partial charge in [-0.2, -0.15) is 0 Å². The van der Waals surface area contributed by atoms with Gasteiger partial charge in [0.1, 0.15) is 6.10 Å². The Morgan fingerprint density at radius 1 is 1.05 bits per heavy atom. The topological polar surface area (TPSA) is 33.1 Å². The summed E-state index contributed by atoms with van der Waals surface area (Å²) in [5.74, 6) is 0. The number of rotatable bonds is 2. The summed E-state index contributed by atoms with van der Waals surface area (Å²) in [7, 11) is 0. The summed E-state index contributed by atoms with van der Waals surface area (Å²) in [4.78, 5) is 4.55. The van der Waals surface area contributed by atoms with Crippen molar-refractivity contribution in [2.24, 2.45) is 0 Å². The number of para-hydroxylation sites is 1. The zero-order valence-electron chi connectivity index (χ0n) is 11.0. The molecular weight excluding hydrogens is 270 g/mol. The molecule has 0 radical (unpaired) electrons. The first kappa shape index (κ1) is 13.1. The lowest BCUT2D eigenvalue weighted by atomic mass is 10.0. The van der Waals surface area contributed by atoms with Crippen LogP contribution in [0.5, 0.6) is 0 Å². The van der Waals surface area contributed by atoms with Crippen molar-refractivity contribution >= 4 is 22.5 Å². The molecule has 0 aliphatic carbocycles. The summed E-state index contributed by atoms with van der Waals surface area (Å²) in [6.45, 7) is 2.03. The van der Waals surface area contributed by atoms with Crippen molar-refractivity contribution in [3.05, 3.63) is 76.4 Å². The van der Waals surface area contributed by atoms with Crippen LogP contribution in [0.2, 0.25) is 5.02 Å². The second kappa shape index (κ2) is 5.23. The van der Waals surface area contributed by atoms with Crippen LogP contribution < -0.4 is 0 Å². The number of halogens is 1. The summed E-state index contributed by atoms with van der Waals surface area (Å²) in [6, 6.07) is 17.1. The molecule has 0 bridgehead atoms. The van der Waals surface area contributed by atoms with Gasteiger partial charge in [0.15, 0.2) is 0 Å². The lowest BCUT2D eigenvalue weighted by Gasteiger charge is -2.13. The fourth-order valence-electron chi connectivity index (χ4n) is 2.33. The number of nitrogens with zero attached hydrogens (tertiary/aromatic N) is 1. The van der Waals surface area contributed by atoms with Gasteiger partial charge in [0.2, 0.25) is 0 Å². The van der Waals surface area contributed by atoms with Crippen molar-refractivity contribution in [3.8, 4) is 0 Å². The molecule has 20 heavy (non-hydrogen) atoms. The zero-order chi connectivity index (χ0) is 14.1. The third-order valence-corrected chi connectivity index (χ3v) is 3.66. The van der Waals surface area contributed by atoms with E-state index in [0.29, 0.717) is 10.7 Å². The van der Waals surface area contributed by atoms with Crippen LogP contribution in [0.3, 0.4) is 0 Å². The quantitative estimate of drug-likeness (QED) is 0.761. The van der Waals surface area contributed by atoms with E-state index >= 15 is 0 Å². The molecule has 1 aromatic heterocycles. The van der Waals surface area contributed by atoms with Gasteiger partial charge >= 0.3 is 0 Å². The van der Waals surface area contributed by atoms with Crippen LogP contribution in [-0.2, 0) is 0 Å². The predicted molar refractivity (Wildman–Crippen MR) is 82.0 cm³/mol. The van der Waals surface area contributed by atoms with Crippen LogP contribution in [0, 0.1) is 6.92 Å². The van der Waals surface area contributed by atoms with Gasteiger partial charge in [0.25, 0.3) is 0 Å². The summed E-state index contributed by atoms with van der Waals surface area (Å²) < 4.78 is 0. The van der Waals surface area contributed by atoms with Crippen LogP contribution >= 0.6 is 11.6 Å². The van der Waals surface area contributed by atoms with Gasteiger partial charge in [-0.15, -0.1) is 0 Å². The highest BCUT2D eigenvalue weighted by Crippen LogP contribution is 2.25. The zero-order valence-corrected chi connectivity index (χ0v) is 11.8. The van der Waals surface area contributed by atoms with Crippen LogP contribution in [0.1, 0.15) is 22.9 Å². The molecule has 0 fully saturated rings. The van der Waals surface area contributed by atoms with Crippen molar-refractivity contribution < 1.29 is 5.11 Å². The third-order valence-electron chi connectivity index (χ3n) is 3.41. The number of benzene rings is 2. The minimum Gasteiger partial charge on any atom is -0.382 e. The smallest absolute Gasteiger partial charge is 0.121 e. The molecule has 0 saturated heterocycles. The molecule has 1 N–H and O–H groups in total. The molecule has 1 atom stereocenters. The number of fused-ring (bicyclic) bond motifs is 1. The van der Waals surface area contributed by atoms with Gasteiger partial charge in [0, 0.05) is 10.4 Å². The van der Waals surface area contributed by atoms with E-state index in [1.54, 1.807) is 12.1 Å². The van der Waals surface area contributed by atoms with Gasteiger partial charge in [-0.1, -0.05) is 41.9 Å². The number of aliphatic hydroxyl groups is 1. The second-order valence-electron chi connectivity index (χ2n) is 4.84. The molecule has 0 amide bonds. The van der Waals surface area contributed by atoms with Gasteiger partial charge in [-0.25, -0.2) is 4.98 Å². The summed E-state index contributed by atoms with van der Waals surface area (Å²) >= 11 is 5.87. The first-order valence-corrected chi connectivity index (χ1v) is 6.83. The maximum atomic E-state index is 10.5. The average molecular weight is 284 g/mol. The molecule has 3 rings (SSSR count). The molecule has 0 aliphatic rings. The Kier molecular flexibility index (Phi) is 3.43. The summed E-state index contributed by atoms with van der Waals surface area (Å²) in [6.07, 6.45) is -0.740. The van der Waals surface area contributed by atoms with Gasteiger partial charge in [-0.05, 0) is 42.3 Å². The summed E-state index contributed by atoms with van der Waals surface area (Å²) in [5, 5.41) is 12.2. The Hall–Kier alpha value is -1.90. The fourth-order valence-corrected chi connectivity index (χ4v) is 2.46. The molecule has 2 nitrogen and oxygen atoms in total. The van der Waals surface area contributed by atoms with Crippen LogP contribution in [0.4, 0.5) is 0 Å². The van der Waals surface area contributed by atoms with Crippen LogP contribution in [-0.4, -0.2) is 10.1 Å². The lowest BCUT2D eigenvalue weighted by Crippen LogP contribution is -2.03. The number of hydrogen-bond acceptors (Lipinski definition) is 2. The fraction of sp³-hybridized carbons (Fsp3) is 0.118. The van der Waals surface area contributed by atoms with Crippen molar-refractivity contribution in [2.45, 2.75) is 13.0 Å². The van der Waals surface area contributed by atoms with E-state index in [4.69, 9.17) is 11.6 Å². The first-order valence-electron chi connectivity index (χ1n) is 6.45. The maximum Gasteiger partial charge on any atom is 0.121 e. The molecule has 2 aromatic carbocycles. The Labute approximate surface area is 122 Å². The van der Waals surface area contributed by atoms with E-state index < -0.39 is 6.10 Å². The minimum atomic E-state index is -0.740. The van der Waals surface area contributed by atoms with Crippen molar-refractivity contribution in [2.75, 3.05) is 0 Å². The SMILES string of the molecule is Cc1cc(C(O)c2ccc(Cl)cc2)nc2ccccc12. The number of pyridine rings is 1. The second-order valence-corrected chi connectivity index (χ2v) is 5.27. The van der Waals surface area contributed by atoms with E-state index in [1.807, 2.05) is 49.4 Å². The van der Waals surface area contributed by atoms with Crippen LogP contribution in [0.25, 0.3) is 10.9 Å². The Morgan fingerprint density at radius 3 is 2.50 bits per heavy atom. The number of aromatic nitrogens is 1. The molecular formula is C17H14ClNO. The molecule has 0 aliphatic heterocycles. The summed E-state index contributed by atoms with van der Waals surface area (Å²) in [5.41, 5.74) is 3.45. The van der Waals surface area contributed by atoms with E-state index in [0.717, 1.165) is 22.0 Å². The largest absolute Gasteiger partial charge is 0.382 e. The van der Waals surface area contributed by atoms with Crippen LogP contribution in [0.15, 0.2) is 54.6 Å². The number of hydrogen-bond donors (Lipinski definition) is 1. The van der Waals surface area contributed by atoms with Crippen molar-refractivity contribution in [1.29, 1.82) is 0 Å². The Bertz CT molecular complexity index is 753. The Balaban J connectivity index is 2.07. The first-order chi connectivity index (χ1) is 9.65. The Morgan fingerprint density at radius 2 is 1.75 bits per heavy atom. The van der Waals surface area contributed by atoms with Crippen molar-refractivity contribution in [3.63, 3.8) is 0 Å². The highest BCUT2D eigenvalue weighted by molar-refractivity contribution is 6.30. The van der Waals surface area contributed by atoms with E-state index in [9.17, 15) is 5.11 Å². The third kappa shape index (κ3) is 2.40. The molecule has 3 heteroatoms. The standard InChI is InChI=1S/C17H14ClNO/c1-11-10-16(19-15-5-3-2-4-14(11)15)17(20)12-6-8-13(18)9-7-12/h2-10,17,20H,1H3. The maximum absolute atomic E-state index is 10.5. The van der Waals surface area contributed by atoms with E-state index in [2.05, 4.69) is 4.98 Å². The van der Waals surface area contributed by atoms with Gasteiger partial charge in [0.05, 0.1) is 11.2 Å². The van der Waals surface area contributed by atoms with E-state index in [-0.39, 0.29) is 0 Å². The highest BCUT2D eigenvalue weighted by Gasteiger charge is 2.13. The molecule has 3 aromatic rings. The normalized spacial score (nSPS) is 12.6. The molecule has 100 valence electrons. The minimum absolute atomic E-state index is 0.656. The van der Waals surface area contributed by atoms with Crippen molar-refractivity contribution in [1.82, 2.24) is 4.98 Å². The molecule has 0 spiro atoms. The lowest BCUT2D eigenvalue weighted by molar-refractivity contribution is 0.215. The van der Waals surface area contributed by atoms with E-state index in [1.165, 1.54) is 0 Å². The highest BCUT2D eigenvalue weighted by atomic mass is 35.5. The number of aliphatic hydroxyl groups excluding tert-OH is 1. The predicted octanol–water partition coefficient (Wildman–Crippen LogP) is 4.28.